The molecular weight excluding hydrogens is 394 g/mol. The van der Waals surface area contributed by atoms with Gasteiger partial charge in [-0.1, -0.05) is 22.9 Å². The Bertz CT molecular complexity index is 1090. The molecule has 26 heavy (non-hydrogen) atoms. The van der Waals surface area contributed by atoms with Gasteiger partial charge in [-0.05, 0) is 48.9 Å². The SMILES string of the molecule is O=C(Nc1nc2ccc(Cl)cc2s1)c1ccc(N2CCCS2(=O)=O)cc1. The van der Waals surface area contributed by atoms with Crippen molar-refractivity contribution < 1.29 is 13.2 Å². The standard InChI is InChI=1S/C17H14ClN3O3S2/c18-12-4-7-14-15(10-12)25-17(19-14)20-16(22)11-2-5-13(6-3-11)21-8-1-9-26(21,23)24/h2-7,10H,1,8-9H2,(H,19,20,22). The molecule has 0 radical (unpaired) electrons. The van der Waals surface area contributed by atoms with Gasteiger partial charge in [-0.3, -0.25) is 14.4 Å². The highest BCUT2D eigenvalue weighted by Crippen LogP contribution is 2.29. The van der Waals surface area contributed by atoms with Crippen molar-refractivity contribution in [1.29, 1.82) is 0 Å². The molecule has 4 rings (SSSR count). The second-order valence-electron chi connectivity index (χ2n) is 5.87. The number of hydrogen-bond acceptors (Lipinski definition) is 5. The van der Waals surface area contributed by atoms with Gasteiger partial charge in [-0.2, -0.15) is 0 Å². The van der Waals surface area contributed by atoms with Gasteiger partial charge in [0.2, 0.25) is 10.0 Å². The van der Waals surface area contributed by atoms with E-state index in [1.807, 2.05) is 0 Å². The number of thiazole rings is 1. The largest absolute Gasteiger partial charge is 0.298 e. The van der Waals surface area contributed by atoms with E-state index in [0.29, 0.717) is 34.4 Å². The Kier molecular flexibility index (Phi) is 4.34. The van der Waals surface area contributed by atoms with Crippen LogP contribution in [0.5, 0.6) is 0 Å². The van der Waals surface area contributed by atoms with Crippen molar-refractivity contribution in [3.8, 4) is 0 Å². The van der Waals surface area contributed by atoms with Crippen LogP contribution < -0.4 is 9.62 Å². The predicted molar refractivity (Wildman–Crippen MR) is 105 cm³/mol. The minimum atomic E-state index is -3.23. The minimum Gasteiger partial charge on any atom is -0.298 e. The summed E-state index contributed by atoms with van der Waals surface area (Å²) in [6.07, 6.45) is 0.617. The Morgan fingerprint density at radius 1 is 1.19 bits per heavy atom. The van der Waals surface area contributed by atoms with Crippen molar-refractivity contribution in [3.63, 3.8) is 0 Å². The van der Waals surface area contributed by atoms with Crippen LogP contribution in [0.15, 0.2) is 42.5 Å². The van der Waals surface area contributed by atoms with E-state index in [-0.39, 0.29) is 11.7 Å². The molecule has 0 saturated carbocycles. The summed E-state index contributed by atoms with van der Waals surface area (Å²) in [7, 11) is -3.23. The van der Waals surface area contributed by atoms with Crippen LogP contribution in [-0.2, 0) is 10.0 Å². The van der Waals surface area contributed by atoms with Gasteiger partial charge in [0.15, 0.2) is 5.13 Å². The number of nitrogens with one attached hydrogen (secondary N) is 1. The van der Waals surface area contributed by atoms with Crippen LogP contribution in [0.2, 0.25) is 5.02 Å². The summed E-state index contributed by atoms with van der Waals surface area (Å²) in [4.78, 5) is 16.8. The molecule has 0 unspecified atom stereocenters. The summed E-state index contributed by atoms with van der Waals surface area (Å²) in [6, 6.07) is 11.9. The summed E-state index contributed by atoms with van der Waals surface area (Å²) in [5.74, 6) is -0.136. The maximum Gasteiger partial charge on any atom is 0.257 e. The number of benzene rings is 2. The van der Waals surface area contributed by atoms with Gasteiger partial charge in [0.1, 0.15) is 0 Å². The van der Waals surface area contributed by atoms with E-state index < -0.39 is 10.0 Å². The molecule has 1 aromatic heterocycles. The lowest BCUT2D eigenvalue weighted by Gasteiger charge is -2.16. The number of carbonyl (C=O) groups is 1. The summed E-state index contributed by atoms with van der Waals surface area (Å²) in [6.45, 7) is 0.474. The Morgan fingerprint density at radius 2 is 1.96 bits per heavy atom. The molecule has 1 fully saturated rings. The average Bonchev–Trinajstić information content (AvgIpc) is 3.16. The number of fused-ring (bicyclic) bond motifs is 1. The number of amides is 1. The third-order valence-corrected chi connectivity index (χ3v) is 7.13. The van der Waals surface area contributed by atoms with Crippen molar-refractivity contribution in [2.24, 2.45) is 0 Å². The lowest BCUT2D eigenvalue weighted by molar-refractivity contribution is 0.102. The lowest BCUT2D eigenvalue weighted by atomic mass is 10.2. The first-order chi connectivity index (χ1) is 12.4. The Balaban J connectivity index is 1.52. The number of anilines is 2. The monoisotopic (exact) mass is 407 g/mol. The van der Waals surface area contributed by atoms with Crippen LogP contribution in [-0.4, -0.2) is 31.6 Å². The fourth-order valence-electron chi connectivity index (χ4n) is 2.83. The van der Waals surface area contributed by atoms with E-state index in [9.17, 15) is 13.2 Å². The fraction of sp³-hybridized carbons (Fsp3) is 0.176. The van der Waals surface area contributed by atoms with E-state index in [1.165, 1.54) is 15.6 Å². The van der Waals surface area contributed by atoms with E-state index in [0.717, 1.165) is 10.2 Å². The second-order valence-corrected chi connectivity index (χ2v) is 9.35. The highest BCUT2D eigenvalue weighted by atomic mass is 35.5. The smallest absolute Gasteiger partial charge is 0.257 e. The molecule has 134 valence electrons. The van der Waals surface area contributed by atoms with Gasteiger partial charge in [-0.15, -0.1) is 0 Å². The summed E-state index contributed by atoms with van der Waals surface area (Å²) in [5, 5.41) is 3.87. The third kappa shape index (κ3) is 3.27. The number of sulfonamides is 1. The molecule has 1 aliphatic heterocycles. The molecule has 0 bridgehead atoms. The van der Waals surface area contributed by atoms with Crippen LogP contribution in [0.4, 0.5) is 10.8 Å². The minimum absolute atomic E-state index is 0.164. The normalized spacial score (nSPS) is 16.1. The summed E-state index contributed by atoms with van der Waals surface area (Å²) < 4.78 is 26.2. The fourth-order valence-corrected chi connectivity index (χ4v) is 5.53. The van der Waals surface area contributed by atoms with Gasteiger partial charge >= 0.3 is 0 Å². The highest BCUT2D eigenvalue weighted by molar-refractivity contribution is 7.93. The molecule has 0 atom stereocenters. The molecule has 1 amide bonds. The molecule has 2 heterocycles. The quantitative estimate of drug-likeness (QED) is 0.717. The Morgan fingerprint density at radius 3 is 2.65 bits per heavy atom. The first kappa shape index (κ1) is 17.3. The molecule has 1 saturated heterocycles. The highest BCUT2D eigenvalue weighted by Gasteiger charge is 2.28. The number of aromatic nitrogens is 1. The third-order valence-electron chi connectivity index (χ3n) is 4.09. The molecule has 0 aliphatic carbocycles. The van der Waals surface area contributed by atoms with Crippen LogP contribution in [0.3, 0.4) is 0 Å². The summed E-state index contributed by atoms with van der Waals surface area (Å²) in [5.41, 5.74) is 1.78. The molecular formula is C17H14ClN3O3S2. The zero-order chi connectivity index (χ0) is 18.3. The number of rotatable bonds is 3. The number of carbonyl (C=O) groups excluding carboxylic acids is 1. The van der Waals surface area contributed by atoms with Gasteiger partial charge in [-0.25, -0.2) is 13.4 Å². The van der Waals surface area contributed by atoms with Gasteiger partial charge in [0, 0.05) is 17.1 Å². The maximum absolute atomic E-state index is 12.4. The van der Waals surface area contributed by atoms with E-state index >= 15 is 0 Å². The van der Waals surface area contributed by atoms with Gasteiger partial charge in [0.25, 0.3) is 5.91 Å². The molecule has 0 spiro atoms. The molecule has 1 N–H and O–H groups in total. The zero-order valence-corrected chi connectivity index (χ0v) is 15.9. The lowest BCUT2D eigenvalue weighted by Crippen LogP contribution is -2.25. The van der Waals surface area contributed by atoms with E-state index in [4.69, 9.17) is 11.6 Å². The van der Waals surface area contributed by atoms with Crippen molar-refractivity contribution in [2.75, 3.05) is 21.9 Å². The molecule has 2 aromatic carbocycles. The average molecular weight is 408 g/mol. The zero-order valence-electron chi connectivity index (χ0n) is 13.5. The van der Waals surface area contributed by atoms with Crippen LogP contribution >= 0.6 is 22.9 Å². The Labute approximate surface area is 159 Å². The van der Waals surface area contributed by atoms with Crippen LogP contribution in [0.25, 0.3) is 10.2 Å². The van der Waals surface area contributed by atoms with Crippen LogP contribution in [0, 0.1) is 0 Å². The Hall–Kier alpha value is -2.16. The number of hydrogen-bond donors (Lipinski definition) is 1. The van der Waals surface area contributed by atoms with Crippen LogP contribution in [0.1, 0.15) is 16.8 Å². The van der Waals surface area contributed by atoms with Crippen molar-refractivity contribution in [2.45, 2.75) is 6.42 Å². The summed E-state index contributed by atoms with van der Waals surface area (Å²) >= 11 is 7.31. The number of halogens is 1. The van der Waals surface area contributed by atoms with Crippen molar-refractivity contribution in [3.05, 3.63) is 53.1 Å². The predicted octanol–water partition coefficient (Wildman–Crippen LogP) is 3.74. The van der Waals surface area contributed by atoms with Gasteiger partial charge in [0.05, 0.1) is 21.7 Å². The van der Waals surface area contributed by atoms with Gasteiger partial charge < -0.3 is 0 Å². The molecule has 1 aliphatic rings. The number of nitrogens with zero attached hydrogens (tertiary/aromatic N) is 2. The maximum atomic E-state index is 12.4. The second kappa shape index (κ2) is 6.53. The molecule has 3 aromatic rings. The van der Waals surface area contributed by atoms with Crippen molar-refractivity contribution in [1.82, 2.24) is 4.98 Å². The molecule has 6 nitrogen and oxygen atoms in total. The van der Waals surface area contributed by atoms with E-state index in [1.54, 1.807) is 42.5 Å². The first-order valence-electron chi connectivity index (χ1n) is 7.90. The molecule has 9 heteroatoms. The van der Waals surface area contributed by atoms with Crippen molar-refractivity contribution >= 4 is 59.9 Å². The topological polar surface area (TPSA) is 79.4 Å². The first-order valence-corrected chi connectivity index (χ1v) is 10.7. The van der Waals surface area contributed by atoms with E-state index in [2.05, 4.69) is 10.3 Å².